The predicted octanol–water partition coefficient (Wildman–Crippen LogP) is 4.34. The van der Waals surface area contributed by atoms with Crippen LogP contribution in [0.1, 0.15) is 49.8 Å². The molecule has 106 valence electrons. The van der Waals surface area contributed by atoms with Crippen molar-refractivity contribution in [1.82, 2.24) is 10.3 Å². The first-order valence-corrected chi connectivity index (χ1v) is 7.60. The van der Waals surface area contributed by atoms with E-state index in [0.717, 1.165) is 6.54 Å². The van der Waals surface area contributed by atoms with E-state index in [1.54, 1.807) is 0 Å². The fourth-order valence-corrected chi connectivity index (χ4v) is 2.43. The van der Waals surface area contributed by atoms with Crippen molar-refractivity contribution in [2.45, 2.75) is 38.6 Å². The third kappa shape index (κ3) is 4.46. The molecular formula is C18H24N2. The summed E-state index contributed by atoms with van der Waals surface area (Å²) in [7, 11) is 0. The number of nitrogens with zero attached hydrogens (tertiary/aromatic N) is 1. The lowest BCUT2D eigenvalue weighted by Crippen LogP contribution is -2.23. The summed E-state index contributed by atoms with van der Waals surface area (Å²) in [5.41, 5.74) is 2.59. The molecule has 2 nitrogen and oxygen atoms in total. The third-order valence-electron chi connectivity index (χ3n) is 3.55. The maximum atomic E-state index is 4.11. The van der Waals surface area contributed by atoms with Crippen LogP contribution in [0.4, 0.5) is 0 Å². The first-order valence-electron chi connectivity index (χ1n) is 7.60. The first-order chi connectivity index (χ1) is 9.92. The zero-order chi connectivity index (χ0) is 14.0. The summed E-state index contributed by atoms with van der Waals surface area (Å²) in [5.74, 6) is 0. The summed E-state index contributed by atoms with van der Waals surface area (Å²) in [6.45, 7) is 3.30. The molecule has 0 bridgehead atoms. The van der Waals surface area contributed by atoms with E-state index in [1.807, 2.05) is 12.4 Å². The van der Waals surface area contributed by atoms with Crippen LogP contribution in [0.2, 0.25) is 0 Å². The fraction of sp³-hybridized carbons (Fsp3) is 0.389. The van der Waals surface area contributed by atoms with E-state index in [-0.39, 0.29) is 6.04 Å². The maximum absolute atomic E-state index is 4.11. The van der Waals surface area contributed by atoms with E-state index in [4.69, 9.17) is 0 Å². The van der Waals surface area contributed by atoms with Gasteiger partial charge < -0.3 is 5.32 Å². The molecule has 2 aromatic rings. The van der Waals surface area contributed by atoms with Crippen molar-refractivity contribution in [1.29, 1.82) is 0 Å². The molecule has 2 rings (SSSR count). The van der Waals surface area contributed by atoms with E-state index in [2.05, 4.69) is 59.7 Å². The van der Waals surface area contributed by atoms with Gasteiger partial charge in [-0.05, 0) is 36.2 Å². The summed E-state index contributed by atoms with van der Waals surface area (Å²) < 4.78 is 0. The van der Waals surface area contributed by atoms with Crippen molar-refractivity contribution in [3.63, 3.8) is 0 Å². The third-order valence-corrected chi connectivity index (χ3v) is 3.55. The maximum Gasteiger partial charge on any atom is 0.0577 e. The van der Waals surface area contributed by atoms with Crippen LogP contribution in [0, 0.1) is 0 Å². The monoisotopic (exact) mass is 268 g/mol. The Morgan fingerprint density at radius 1 is 0.900 bits per heavy atom. The van der Waals surface area contributed by atoms with Crippen LogP contribution >= 0.6 is 0 Å². The molecule has 1 aromatic heterocycles. The topological polar surface area (TPSA) is 24.9 Å². The highest BCUT2D eigenvalue weighted by molar-refractivity contribution is 5.30. The molecule has 0 fully saturated rings. The first kappa shape index (κ1) is 14.7. The van der Waals surface area contributed by atoms with Crippen LogP contribution in [0.5, 0.6) is 0 Å². The molecular weight excluding hydrogens is 244 g/mol. The number of hydrogen-bond acceptors (Lipinski definition) is 2. The largest absolute Gasteiger partial charge is 0.306 e. The molecule has 2 heteroatoms. The summed E-state index contributed by atoms with van der Waals surface area (Å²) >= 11 is 0. The molecule has 20 heavy (non-hydrogen) atoms. The second kappa shape index (κ2) is 8.49. The molecule has 1 aromatic carbocycles. The zero-order valence-corrected chi connectivity index (χ0v) is 12.3. The van der Waals surface area contributed by atoms with Gasteiger partial charge in [-0.3, -0.25) is 4.98 Å². The molecule has 0 radical (unpaired) electrons. The lowest BCUT2D eigenvalue weighted by molar-refractivity contribution is 0.555. The van der Waals surface area contributed by atoms with Crippen molar-refractivity contribution in [2.75, 3.05) is 6.54 Å². The number of hydrogen-bond donors (Lipinski definition) is 1. The standard InChI is InChI=1S/C18H24N2/c1-2-3-4-8-13-20-18(16-9-6-5-7-10-16)17-11-14-19-15-12-17/h5-7,9-12,14-15,18,20H,2-4,8,13H2,1H3. The highest BCUT2D eigenvalue weighted by Crippen LogP contribution is 2.21. The number of pyridine rings is 1. The Kier molecular flexibility index (Phi) is 6.25. The van der Waals surface area contributed by atoms with Gasteiger partial charge in [-0.25, -0.2) is 0 Å². The second-order valence-corrected chi connectivity index (χ2v) is 5.14. The Morgan fingerprint density at radius 3 is 2.30 bits per heavy atom. The molecule has 0 spiro atoms. The van der Waals surface area contributed by atoms with Crippen molar-refractivity contribution in [3.05, 3.63) is 66.0 Å². The van der Waals surface area contributed by atoms with Crippen LogP contribution in [0.3, 0.4) is 0 Å². The van der Waals surface area contributed by atoms with E-state index in [0.29, 0.717) is 0 Å². The lowest BCUT2D eigenvalue weighted by atomic mass is 9.99. The molecule has 0 saturated heterocycles. The molecule has 1 heterocycles. The van der Waals surface area contributed by atoms with Gasteiger partial charge in [0.1, 0.15) is 0 Å². The van der Waals surface area contributed by atoms with Gasteiger partial charge >= 0.3 is 0 Å². The predicted molar refractivity (Wildman–Crippen MR) is 84.7 cm³/mol. The van der Waals surface area contributed by atoms with Crippen LogP contribution in [0.25, 0.3) is 0 Å². The molecule has 1 N–H and O–H groups in total. The van der Waals surface area contributed by atoms with Gasteiger partial charge in [0, 0.05) is 12.4 Å². The van der Waals surface area contributed by atoms with Gasteiger partial charge in [0.25, 0.3) is 0 Å². The van der Waals surface area contributed by atoms with Crippen LogP contribution in [-0.4, -0.2) is 11.5 Å². The average Bonchev–Trinajstić information content (AvgIpc) is 2.53. The highest BCUT2D eigenvalue weighted by Gasteiger charge is 2.12. The summed E-state index contributed by atoms with van der Waals surface area (Å²) in [4.78, 5) is 4.11. The lowest BCUT2D eigenvalue weighted by Gasteiger charge is -2.19. The minimum Gasteiger partial charge on any atom is -0.306 e. The van der Waals surface area contributed by atoms with Crippen molar-refractivity contribution in [2.24, 2.45) is 0 Å². The highest BCUT2D eigenvalue weighted by atomic mass is 14.9. The van der Waals surface area contributed by atoms with E-state index in [1.165, 1.54) is 36.8 Å². The Balaban J connectivity index is 2.02. The molecule has 1 atom stereocenters. The number of aromatic nitrogens is 1. The van der Waals surface area contributed by atoms with E-state index >= 15 is 0 Å². The van der Waals surface area contributed by atoms with Crippen LogP contribution in [-0.2, 0) is 0 Å². The fourth-order valence-electron chi connectivity index (χ4n) is 2.43. The van der Waals surface area contributed by atoms with E-state index < -0.39 is 0 Å². The van der Waals surface area contributed by atoms with Crippen molar-refractivity contribution >= 4 is 0 Å². The van der Waals surface area contributed by atoms with Crippen LogP contribution < -0.4 is 5.32 Å². The van der Waals surface area contributed by atoms with Crippen LogP contribution in [0.15, 0.2) is 54.9 Å². The van der Waals surface area contributed by atoms with Crippen molar-refractivity contribution in [3.8, 4) is 0 Å². The number of rotatable bonds is 8. The van der Waals surface area contributed by atoms with Gasteiger partial charge in [-0.1, -0.05) is 56.5 Å². The zero-order valence-electron chi connectivity index (χ0n) is 12.3. The summed E-state index contributed by atoms with van der Waals surface area (Å²) in [5, 5.41) is 3.68. The Morgan fingerprint density at radius 2 is 1.60 bits per heavy atom. The van der Waals surface area contributed by atoms with Gasteiger partial charge in [0.15, 0.2) is 0 Å². The quantitative estimate of drug-likeness (QED) is 0.720. The number of nitrogens with one attached hydrogen (secondary N) is 1. The molecule has 1 unspecified atom stereocenters. The molecule has 0 aliphatic rings. The van der Waals surface area contributed by atoms with Gasteiger partial charge in [0.05, 0.1) is 6.04 Å². The molecule has 0 aliphatic heterocycles. The molecule has 0 saturated carbocycles. The number of benzene rings is 1. The Bertz CT molecular complexity index is 428. The molecule has 0 aliphatic carbocycles. The second-order valence-electron chi connectivity index (χ2n) is 5.14. The summed E-state index contributed by atoms with van der Waals surface area (Å²) in [6.07, 6.45) is 8.89. The normalized spacial score (nSPS) is 12.2. The average molecular weight is 268 g/mol. The number of unbranched alkanes of at least 4 members (excludes halogenated alkanes) is 3. The molecule has 0 amide bonds. The minimum absolute atomic E-state index is 0.265. The minimum atomic E-state index is 0.265. The van der Waals surface area contributed by atoms with Gasteiger partial charge in [-0.15, -0.1) is 0 Å². The van der Waals surface area contributed by atoms with Gasteiger partial charge in [-0.2, -0.15) is 0 Å². The van der Waals surface area contributed by atoms with Gasteiger partial charge in [0.2, 0.25) is 0 Å². The SMILES string of the molecule is CCCCCCNC(c1ccccc1)c1ccncc1. The Labute approximate surface area is 122 Å². The summed E-state index contributed by atoms with van der Waals surface area (Å²) in [6, 6.07) is 15.1. The Hall–Kier alpha value is -1.67. The smallest absolute Gasteiger partial charge is 0.0577 e. The van der Waals surface area contributed by atoms with Crippen molar-refractivity contribution < 1.29 is 0 Å². The van der Waals surface area contributed by atoms with E-state index in [9.17, 15) is 0 Å².